The van der Waals surface area contributed by atoms with Crippen molar-refractivity contribution in [3.05, 3.63) is 0 Å². The number of ether oxygens (including phenoxy) is 1. The average molecular weight is 282 g/mol. The molecule has 20 heavy (non-hydrogen) atoms. The van der Waals surface area contributed by atoms with Gasteiger partial charge in [0.2, 0.25) is 0 Å². The monoisotopic (exact) mass is 282 g/mol. The Morgan fingerprint density at radius 1 is 1.40 bits per heavy atom. The normalized spacial score (nSPS) is 27.1. The Bertz CT molecular complexity index is 330. The first-order chi connectivity index (χ1) is 9.57. The topological polar surface area (TPSA) is 41.6 Å². The number of nitrogens with one attached hydrogen (secondary N) is 1. The molecule has 0 aromatic rings. The molecule has 4 heteroatoms. The van der Waals surface area contributed by atoms with Gasteiger partial charge in [-0.15, -0.1) is 0 Å². The van der Waals surface area contributed by atoms with Gasteiger partial charge in [0.1, 0.15) is 5.54 Å². The van der Waals surface area contributed by atoms with Gasteiger partial charge in [0.05, 0.1) is 7.11 Å². The largest absolute Gasteiger partial charge is 0.468 e. The van der Waals surface area contributed by atoms with Gasteiger partial charge in [0.25, 0.3) is 0 Å². The third kappa shape index (κ3) is 4.19. The Morgan fingerprint density at radius 2 is 2.15 bits per heavy atom. The zero-order chi connectivity index (χ0) is 14.6. The van der Waals surface area contributed by atoms with Crippen molar-refractivity contribution in [2.75, 3.05) is 26.7 Å². The first-order valence-electron chi connectivity index (χ1n) is 8.16. The van der Waals surface area contributed by atoms with E-state index in [1.54, 1.807) is 0 Å². The molecule has 2 aliphatic rings. The maximum atomic E-state index is 12.1. The number of carbonyl (C=O) groups is 1. The van der Waals surface area contributed by atoms with E-state index in [1.807, 2.05) is 6.92 Å². The minimum Gasteiger partial charge on any atom is -0.468 e. The molecule has 2 atom stereocenters. The summed E-state index contributed by atoms with van der Waals surface area (Å²) in [5, 5.41) is 3.48. The van der Waals surface area contributed by atoms with Crippen molar-refractivity contribution in [1.29, 1.82) is 0 Å². The summed E-state index contributed by atoms with van der Waals surface area (Å²) in [6.07, 6.45) is 7.14. The number of carbonyl (C=O) groups excluding carboxylic acids is 1. The molecule has 0 amide bonds. The molecule has 2 rings (SSSR count). The summed E-state index contributed by atoms with van der Waals surface area (Å²) in [5.74, 6) is 0.720. The Hall–Kier alpha value is -0.610. The van der Waals surface area contributed by atoms with Crippen LogP contribution in [0.2, 0.25) is 0 Å². The highest BCUT2D eigenvalue weighted by atomic mass is 16.5. The number of piperidine rings is 1. The Labute approximate surface area is 123 Å². The van der Waals surface area contributed by atoms with E-state index in [0.717, 1.165) is 18.9 Å². The van der Waals surface area contributed by atoms with Crippen LogP contribution in [0.5, 0.6) is 0 Å². The molecule has 2 fully saturated rings. The van der Waals surface area contributed by atoms with Crippen LogP contribution in [0.1, 0.15) is 52.4 Å². The lowest BCUT2D eigenvalue weighted by atomic mass is 9.93. The van der Waals surface area contributed by atoms with Crippen LogP contribution in [0, 0.1) is 5.92 Å². The second kappa shape index (κ2) is 6.90. The molecule has 0 radical (unpaired) electrons. The fraction of sp³-hybridized carbons (Fsp3) is 0.938. The van der Waals surface area contributed by atoms with Crippen LogP contribution in [0.4, 0.5) is 0 Å². The van der Waals surface area contributed by atoms with E-state index < -0.39 is 5.54 Å². The molecule has 2 unspecified atom stereocenters. The molecule has 116 valence electrons. The molecule has 0 aromatic carbocycles. The second-order valence-corrected chi connectivity index (χ2v) is 6.71. The lowest BCUT2D eigenvalue weighted by Crippen LogP contribution is -2.53. The average Bonchev–Trinajstić information content (AvgIpc) is 3.28. The summed E-state index contributed by atoms with van der Waals surface area (Å²) in [6.45, 7) is 7.63. The molecule has 1 saturated carbocycles. The van der Waals surface area contributed by atoms with Crippen LogP contribution >= 0.6 is 0 Å². The molecule has 1 aliphatic carbocycles. The molecule has 1 heterocycles. The summed E-state index contributed by atoms with van der Waals surface area (Å²) in [7, 11) is 1.49. The number of methoxy groups -OCH3 is 1. The van der Waals surface area contributed by atoms with Crippen molar-refractivity contribution < 1.29 is 9.53 Å². The maximum Gasteiger partial charge on any atom is 0.325 e. The van der Waals surface area contributed by atoms with Crippen molar-refractivity contribution in [3.63, 3.8) is 0 Å². The highest BCUT2D eigenvalue weighted by molar-refractivity contribution is 5.80. The third-order valence-electron chi connectivity index (χ3n) is 4.84. The molecule has 0 aromatic heterocycles. The van der Waals surface area contributed by atoms with E-state index in [-0.39, 0.29) is 5.97 Å². The lowest BCUT2D eigenvalue weighted by Gasteiger charge is -2.35. The SMILES string of the molecule is CCC1CCCN(CCC(C)(NC2CC2)C(=O)OC)C1. The summed E-state index contributed by atoms with van der Waals surface area (Å²) in [6, 6.07) is 0.517. The highest BCUT2D eigenvalue weighted by Crippen LogP contribution is 2.26. The Morgan fingerprint density at radius 3 is 2.75 bits per heavy atom. The summed E-state index contributed by atoms with van der Waals surface area (Å²) in [4.78, 5) is 14.6. The van der Waals surface area contributed by atoms with E-state index in [2.05, 4.69) is 17.1 Å². The Kier molecular flexibility index (Phi) is 5.44. The molecule has 0 spiro atoms. The quantitative estimate of drug-likeness (QED) is 0.727. The van der Waals surface area contributed by atoms with Crippen LogP contribution in [0.3, 0.4) is 0 Å². The van der Waals surface area contributed by atoms with Crippen molar-refractivity contribution in [2.45, 2.75) is 64.0 Å². The van der Waals surface area contributed by atoms with Gasteiger partial charge in [-0.25, -0.2) is 0 Å². The molecule has 0 bridgehead atoms. The van der Waals surface area contributed by atoms with Crippen molar-refractivity contribution in [3.8, 4) is 0 Å². The molecule has 1 aliphatic heterocycles. The van der Waals surface area contributed by atoms with Crippen molar-refractivity contribution in [2.24, 2.45) is 5.92 Å². The first-order valence-corrected chi connectivity index (χ1v) is 8.16. The summed E-state index contributed by atoms with van der Waals surface area (Å²) >= 11 is 0. The van der Waals surface area contributed by atoms with Gasteiger partial charge in [-0.05, 0) is 51.5 Å². The van der Waals surface area contributed by atoms with Gasteiger partial charge < -0.3 is 9.64 Å². The number of rotatable bonds is 7. The standard InChI is InChI=1S/C16H30N2O2/c1-4-13-6-5-10-18(12-13)11-9-16(2,15(19)20-3)17-14-7-8-14/h13-14,17H,4-12H2,1-3H3. The van der Waals surface area contributed by atoms with Gasteiger partial charge >= 0.3 is 5.97 Å². The molecule has 4 nitrogen and oxygen atoms in total. The Balaban J connectivity index is 1.85. The number of hydrogen-bond acceptors (Lipinski definition) is 4. The van der Waals surface area contributed by atoms with E-state index in [9.17, 15) is 4.79 Å². The molecule has 1 saturated heterocycles. The predicted octanol–water partition coefficient (Wildman–Crippen LogP) is 2.18. The van der Waals surface area contributed by atoms with Crippen LogP contribution in [-0.2, 0) is 9.53 Å². The van der Waals surface area contributed by atoms with E-state index in [1.165, 1.54) is 52.3 Å². The summed E-state index contributed by atoms with van der Waals surface area (Å²) < 4.78 is 5.01. The zero-order valence-corrected chi connectivity index (χ0v) is 13.3. The number of nitrogens with zero attached hydrogens (tertiary/aromatic N) is 1. The van der Waals surface area contributed by atoms with E-state index in [0.29, 0.717) is 6.04 Å². The molecule has 1 N–H and O–H groups in total. The third-order valence-corrected chi connectivity index (χ3v) is 4.84. The zero-order valence-electron chi connectivity index (χ0n) is 13.3. The van der Waals surface area contributed by atoms with E-state index >= 15 is 0 Å². The molecular formula is C16H30N2O2. The fourth-order valence-corrected chi connectivity index (χ4v) is 3.21. The second-order valence-electron chi connectivity index (χ2n) is 6.71. The minimum atomic E-state index is -0.519. The van der Waals surface area contributed by atoms with Crippen molar-refractivity contribution in [1.82, 2.24) is 10.2 Å². The smallest absolute Gasteiger partial charge is 0.325 e. The lowest BCUT2D eigenvalue weighted by molar-refractivity contribution is -0.148. The van der Waals surface area contributed by atoms with Crippen LogP contribution in [-0.4, -0.2) is 49.2 Å². The fourth-order valence-electron chi connectivity index (χ4n) is 3.21. The van der Waals surface area contributed by atoms with Crippen LogP contribution < -0.4 is 5.32 Å². The summed E-state index contributed by atoms with van der Waals surface area (Å²) in [5.41, 5.74) is -0.519. The molecular weight excluding hydrogens is 252 g/mol. The minimum absolute atomic E-state index is 0.117. The maximum absolute atomic E-state index is 12.1. The van der Waals surface area contributed by atoms with Gasteiger partial charge in [-0.3, -0.25) is 10.1 Å². The van der Waals surface area contributed by atoms with Gasteiger partial charge in [-0.1, -0.05) is 13.3 Å². The number of likely N-dealkylation sites (tertiary alicyclic amines) is 1. The van der Waals surface area contributed by atoms with Crippen LogP contribution in [0.25, 0.3) is 0 Å². The van der Waals surface area contributed by atoms with Crippen molar-refractivity contribution >= 4 is 5.97 Å². The number of esters is 1. The van der Waals surface area contributed by atoms with Gasteiger partial charge in [0, 0.05) is 19.1 Å². The van der Waals surface area contributed by atoms with Gasteiger partial charge in [0.15, 0.2) is 0 Å². The van der Waals surface area contributed by atoms with Crippen LogP contribution in [0.15, 0.2) is 0 Å². The first kappa shape index (κ1) is 15.8. The number of hydrogen-bond donors (Lipinski definition) is 1. The predicted molar refractivity (Wildman–Crippen MR) is 80.7 cm³/mol. The van der Waals surface area contributed by atoms with Gasteiger partial charge in [-0.2, -0.15) is 0 Å². The van der Waals surface area contributed by atoms with E-state index in [4.69, 9.17) is 4.74 Å². The highest BCUT2D eigenvalue weighted by Gasteiger charge is 2.39.